The molecule has 7 fully saturated rings. The Labute approximate surface area is 203 Å². The lowest BCUT2D eigenvalue weighted by molar-refractivity contribution is -0.213. The Morgan fingerprint density at radius 3 is 1.61 bits per heavy atom. The number of piperidine rings is 3. The van der Waals surface area contributed by atoms with Crippen molar-refractivity contribution in [2.24, 2.45) is 29.1 Å². The molecule has 4 aliphatic carbocycles. The molecule has 4 saturated carbocycles. The summed E-state index contributed by atoms with van der Waals surface area (Å²) in [6.07, 6.45) is 27.0. The molecule has 0 radical (unpaired) electrons. The molecule has 3 nitrogen and oxygen atoms in total. The van der Waals surface area contributed by atoms with E-state index in [4.69, 9.17) is 0 Å². The molecule has 8 atom stereocenters. The zero-order chi connectivity index (χ0) is 21.8. The van der Waals surface area contributed by atoms with Crippen molar-refractivity contribution >= 4 is 0 Å². The molecule has 0 aromatic rings. The molecule has 0 aromatic heterocycles. The predicted molar refractivity (Wildman–Crippen MR) is 136 cm³/mol. The molecule has 3 heteroatoms. The van der Waals surface area contributed by atoms with Crippen LogP contribution >= 0.6 is 0 Å². The highest BCUT2D eigenvalue weighted by Crippen LogP contribution is 2.65. The second-order valence-electron chi connectivity index (χ2n) is 13.6. The van der Waals surface area contributed by atoms with Crippen molar-refractivity contribution in [1.82, 2.24) is 15.5 Å². The first-order chi connectivity index (χ1) is 16.4. The maximum atomic E-state index is 4.32. The van der Waals surface area contributed by atoms with E-state index in [9.17, 15) is 0 Å². The third kappa shape index (κ3) is 3.37. The van der Waals surface area contributed by atoms with Gasteiger partial charge in [-0.05, 0) is 107 Å². The summed E-state index contributed by atoms with van der Waals surface area (Å²) in [4.78, 5) is 3.29. The van der Waals surface area contributed by atoms with Crippen molar-refractivity contribution in [3.63, 3.8) is 0 Å². The Morgan fingerprint density at radius 1 is 0.515 bits per heavy atom. The summed E-state index contributed by atoms with van der Waals surface area (Å²) in [5, 5.41) is 8.63. The largest absolute Gasteiger partial charge is 0.313 e. The van der Waals surface area contributed by atoms with Gasteiger partial charge in [0.15, 0.2) is 0 Å². The summed E-state index contributed by atoms with van der Waals surface area (Å²) in [7, 11) is 0. The SMILES string of the molecule is C1CCC(N2C3CCCCC3C3(C4CCCCC42)C2NCCCC2CC2CCCNC23)CC1. The van der Waals surface area contributed by atoms with Crippen molar-refractivity contribution < 1.29 is 0 Å². The van der Waals surface area contributed by atoms with E-state index in [0.717, 1.165) is 53.9 Å². The van der Waals surface area contributed by atoms with Crippen LogP contribution < -0.4 is 10.6 Å². The van der Waals surface area contributed by atoms with Crippen LogP contribution in [0, 0.1) is 29.1 Å². The molecule has 7 rings (SSSR count). The van der Waals surface area contributed by atoms with Gasteiger partial charge in [-0.25, -0.2) is 0 Å². The molecular formula is C30H51N3. The van der Waals surface area contributed by atoms with Gasteiger partial charge in [0.05, 0.1) is 0 Å². The van der Waals surface area contributed by atoms with Crippen molar-refractivity contribution in [2.75, 3.05) is 13.1 Å². The number of nitrogens with zero attached hydrogens (tertiary/aromatic N) is 1. The fourth-order valence-electron chi connectivity index (χ4n) is 11.6. The monoisotopic (exact) mass is 453 g/mol. The Balaban J connectivity index is 1.36. The molecule has 3 aliphatic heterocycles. The second-order valence-corrected chi connectivity index (χ2v) is 13.6. The first kappa shape index (κ1) is 22.1. The molecule has 0 bridgehead atoms. The minimum absolute atomic E-state index is 0.537. The van der Waals surface area contributed by atoms with Gasteiger partial charge < -0.3 is 10.6 Å². The molecule has 186 valence electrons. The summed E-state index contributed by atoms with van der Waals surface area (Å²) in [6, 6.07) is 4.33. The van der Waals surface area contributed by atoms with Crippen molar-refractivity contribution in [3.05, 3.63) is 0 Å². The van der Waals surface area contributed by atoms with Gasteiger partial charge in [-0.1, -0.05) is 44.9 Å². The number of fused-ring (bicyclic) bond motifs is 8. The molecule has 0 amide bonds. The van der Waals surface area contributed by atoms with E-state index in [0.29, 0.717) is 5.41 Å². The standard InChI is InChI=1S/C30H51N3/c1-2-12-23(13-3-1)33-26-16-6-4-14-24(26)30(25-15-5-7-17-27(25)33)28-21(10-8-18-31-28)20-22-11-9-19-32-29(22)30/h21-29,31-32H,1-20H2. The van der Waals surface area contributed by atoms with Gasteiger partial charge in [-0.15, -0.1) is 0 Å². The third-order valence-electron chi connectivity index (χ3n) is 12.4. The van der Waals surface area contributed by atoms with Crippen LogP contribution in [0.25, 0.3) is 0 Å². The Morgan fingerprint density at radius 2 is 1.03 bits per heavy atom. The van der Waals surface area contributed by atoms with Crippen LogP contribution in [0.3, 0.4) is 0 Å². The van der Waals surface area contributed by atoms with Crippen molar-refractivity contribution in [3.8, 4) is 0 Å². The van der Waals surface area contributed by atoms with Gasteiger partial charge in [0.1, 0.15) is 0 Å². The average Bonchev–Trinajstić information content (AvgIpc) is 2.89. The van der Waals surface area contributed by atoms with Crippen molar-refractivity contribution in [1.29, 1.82) is 0 Å². The minimum atomic E-state index is 0.537. The summed E-state index contributed by atoms with van der Waals surface area (Å²) in [5.41, 5.74) is 0.537. The van der Waals surface area contributed by atoms with E-state index in [2.05, 4.69) is 15.5 Å². The summed E-state index contributed by atoms with van der Waals surface area (Å²) in [5.74, 6) is 3.82. The van der Waals surface area contributed by atoms with Crippen LogP contribution in [0.2, 0.25) is 0 Å². The van der Waals surface area contributed by atoms with Crippen LogP contribution in [-0.4, -0.2) is 48.2 Å². The van der Waals surface area contributed by atoms with E-state index in [-0.39, 0.29) is 0 Å². The molecular weight excluding hydrogens is 402 g/mol. The van der Waals surface area contributed by atoms with E-state index in [1.807, 2.05) is 0 Å². The van der Waals surface area contributed by atoms with Crippen LogP contribution in [0.5, 0.6) is 0 Å². The molecule has 33 heavy (non-hydrogen) atoms. The number of nitrogens with one attached hydrogen (secondary N) is 2. The maximum Gasteiger partial charge on any atom is 0.0173 e. The quantitative estimate of drug-likeness (QED) is 0.519. The summed E-state index contributed by atoms with van der Waals surface area (Å²) < 4.78 is 0. The lowest BCUT2D eigenvalue weighted by atomic mass is 9.41. The van der Waals surface area contributed by atoms with E-state index in [1.54, 1.807) is 0 Å². The molecule has 1 spiro atoms. The fraction of sp³-hybridized carbons (Fsp3) is 1.00. The fourth-order valence-corrected chi connectivity index (χ4v) is 11.6. The van der Waals surface area contributed by atoms with Crippen LogP contribution in [0.4, 0.5) is 0 Å². The molecule has 3 heterocycles. The number of hydrogen-bond donors (Lipinski definition) is 2. The third-order valence-corrected chi connectivity index (χ3v) is 12.4. The maximum absolute atomic E-state index is 4.32. The Bertz CT molecular complexity index is 638. The smallest absolute Gasteiger partial charge is 0.0173 e. The van der Waals surface area contributed by atoms with Gasteiger partial charge in [-0.2, -0.15) is 0 Å². The first-order valence-electron chi connectivity index (χ1n) is 15.6. The minimum Gasteiger partial charge on any atom is -0.313 e. The molecule has 7 aliphatic rings. The molecule has 2 N–H and O–H groups in total. The normalized spacial score (nSPS) is 51.3. The Kier molecular flexibility index (Phi) is 6.08. The highest BCUT2D eigenvalue weighted by Gasteiger charge is 2.68. The second kappa shape index (κ2) is 9.07. The lowest BCUT2D eigenvalue weighted by Gasteiger charge is -2.73. The summed E-state index contributed by atoms with van der Waals surface area (Å²) >= 11 is 0. The molecule has 0 aromatic carbocycles. The van der Waals surface area contributed by atoms with Gasteiger partial charge in [0.2, 0.25) is 0 Å². The van der Waals surface area contributed by atoms with Crippen LogP contribution in [0.15, 0.2) is 0 Å². The van der Waals surface area contributed by atoms with Crippen LogP contribution in [0.1, 0.15) is 116 Å². The summed E-state index contributed by atoms with van der Waals surface area (Å²) in [6.45, 7) is 2.59. The van der Waals surface area contributed by atoms with Gasteiger partial charge >= 0.3 is 0 Å². The molecule has 8 unspecified atom stereocenters. The van der Waals surface area contributed by atoms with Gasteiger partial charge in [-0.3, -0.25) is 4.90 Å². The zero-order valence-corrected chi connectivity index (χ0v) is 21.3. The van der Waals surface area contributed by atoms with Gasteiger partial charge in [0.25, 0.3) is 0 Å². The number of rotatable bonds is 1. The van der Waals surface area contributed by atoms with Gasteiger partial charge in [0, 0.05) is 35.6 Å². The first-order valence-corrected chi connectivity index (χ1v) is 15.6. The van der Waals surface area contributed by atoms with Crippen molar-refractivity contribution in [2.45, 2.75) is 146 Å². The Hall–Kier alpha value is -0.120. The van der Waals surface area contributed by atoms with E-state index < -0.39 is 0 Å². The lowest BCUT2D eigenvalue weighted by Crippen LogP contribution is -2.80. The highest BCUT2D eigenvalue weighted by molar-refractivity contribution is 5.22. The zero-order valence-electron chi connectivity index (χ0n) is 21.3. The van der Waals surface area contributed by atoms with E-state index >= 15 is 0 Å². The number of likely N-dealkylation sites (tertiary alicyclic amines) is 1. The average molecular weight is 454 g/mol. The highest BCUT2D eigenvalue weighted by atomic mass is 15.3. The topological polar surface area (TPSA) is 27.3 Å². The molecule has 3 saturated heterocycles. The number of hydrogen-bond acceptors (Lipinski definition) is 3. The van der Waals surface area contributed by atoms with E-state index in [1.165, 1.54) is 129 Å². The predicted octanol–water partition coefficient (Wildman–Crippen LogP) is 5.88. The van der Waals surface area contributed by atoms with Crippen LogP contribution in [-0.2, 0) is 0 Å².